The highest BCUT2D eigenvalue weighted by atomic mass is 14.7. The first kappa shape index (κ1) is 5.54. The maximum atomic E-state index is 4.08. The third-order valence-corrected chi connectivity index (χ3v) is 1.64. The average Bonchev–Trinajstić information content (AvgIpc) is 2.40. The molecule has 8 heavy (non-hydrogen) atoms. The Morgan fingerprint density at radius 1 is 1.62 bits per heavy atom. The van der Waals surface area contributed by atoms with Gasteiger partial charge in [-0.1, -0.05) is 13.0 Å². The van der Waals surface area contributed by atoms with Gasteiger partial charge in [0.05, 0.1) is 0 Å². The van der Waals surface area contributed by atoms with Gasteiger partial charge in [-0.3, -0.25) is 4.99 Å². The Balaban J connectivity index is 2.73. The Bertz CT molecular complexity index is 136. The van der Waals surface area contributed by atoms with Crippen molar-refractivity contribution in [2.45, 2.75) is 13.8 Å². The van der Waals surface area contributed by atoms with Crippen LogP contribution in [0.4, 0.5) is 0 Å². The second-order valence-electron chi connectivity index (χ2n) is 2.07. The first-order valence-corrected chi connectivity index (χ1v) is 2.94. The molecule has 1 aliphatic carbocycles. The van der Waals surface area contributed by atoms with E-state index >= 15 is 0 Å². The molecular formula is C7H11N. The summed E-state index contributed by atoms with van der Waals surface area (Å²) in [6.45, 7) is 4.24. The minimum Gasteiger partial charge on any atom is -0.292 e. The van der Waals surface area contributed by atoms with Crippen molar-refractivity contribution in [2.75, 3.05) is 7.05 Å². The summed E-state index contributed by atoms with van der Waals surface area (Å²) < 4.78 is 0. The number of hydrogen-bond donors (Lipinski definition) is 0. The molecule has 0 heterocycles. The lowest BCUT2D eigenvalue weighted by Crippen LogP contribution is -1.65. The summed E-state index contributed by atoms with van der Waals surface area (Å²) in [5, 5.41) is 0. The molecular weight excluding hydrogens is 98.1 g/mol. The van der Waals surface area contributed by atoms with Gasteiger partial charge in [0.15, 0.2) is 0 Å². The third-order valence-electron chi connectivity index (χ3n) is 1.64. The fourth-order valence-electron chi connectivity index (χ4n) is 1.06. The summed E-state index contributed by atoms with van der Waals surface area (Å²) in [5.74, 6) is 0.657. The number of aliphatic imine (C=N–C) groups is 1. The summed E-state index contributed by atoms with van der Waals surface area (Å²) in [5.41, 5.74) is 2.71. The lowest BCUT2D eigenvalue weighted by Gasteiger charge is -1.63. The van der Waals surface area contributed by atoms with E-state index in [0.717, 1.165) is 0 Å². The molecule has 0 spiro atoms. The van der Waals surface area contributed by atoms with Crippen molar-refractivity contribution in [3.8, 4) is 0 Å². The van der Waals surface area contributed by atoms with E-state index < -0.39 is 0 Å². The van der Waals surface area contributed by atoms with E-state index in [9.17, 15) is 0 Å². The highest BCUT2D eigenvalue weighted by molar-refractivity contribution is 6.20. The molecule has 0 bridgehead atoms. The van der Waals surface area contributed by atoms with Gasteiger partial charge in [-0.2, -0.15) is 0 Å². The minimum atomic E-state index is 0.657. The van der Waals surface area contributed by atoms with Gasteiger partial charge in [0.1, 0.15) is 0 Å². The van der Waals surface area contributed by atoms with Gasteiger partial charge in [-0.25, -0.2) is 0 Å². The molecule has 1 saturated carbocycles. The Morgan fingerprint density at radius 3 is 2.38 bits per heavy atom. The Labute approximate surface area is 50.1 Å². The summed E-state index contributed by atoms with van der Waals surface area (Å²) in [6.07, 6.45) is 2.13. The van der Waals surface area contributed by atoms with Gasteiger partial charge in [-0.15, -0.1) is 0 Å². The summed E-state index contributed by atoms with van der Waals surface area (Å²) in [4.78, 5) is 4.08. The largest absolute Gasteiger partial charge is 0.292 e. The second kappa shape index (κ2) is 1.73. The zero-order valence-electron chi connectivity index (χ0n) is 5.60. The fraction of sp³-hybridized carbons (Fsp3) is 0.571. The van der Waals surface area contributed by atoms with E-state index in [1.165, 1.54) is 11.3 Å². The van der Waals surface area contributed by atoms with Crippen molar-refractivity contribution >= 4 is 5.71 Å². The lowest BCUT2D eigenvalue weighted by molar-refractivity contribution is 1.13. The number of rotatable bonds is 0. The molecule has 1 atom stereocenters. The molecule has 1 nitrogen and oxygen atoms in total. The van der Waals surface area contributed by atoms with Crippen molar-refractivity contribution in [1.29, 1.82) is 0 Å². The topological polar surface area (TPSA) is 12.4 Å². The van der Waals surface area contributed by atoms with Crippen LogP contribution in [0.15, 0.2) is 16.6 Å². The molecule has 0 saturated heterocycles. The Kier molecular flexibility index (Phi) is 1.20. The van der Waals surface area contributed by atoms with E-state index in [4.69, 9.17) is 0 Å². The number of allylic oxidation sites excluding steroid dienone is 2. The van der Waals surface area contributed by atoms with Crippen molar-refractivity contribution < 1.29 is 0 Å². The quantitative estimate of drug-likeness (QED) is 0.448. The first-order chi connectivity index (χ1) is 3.81. The molecule has 1 aliphatic rings. The number of nitrogens with zero attached hydrogens (tertiary/aromatic N) is 1. The van der Waals surface area contributed by atoms with Gasteiger partial charge < -0.3 is 0 Å². The van der Waals surface area contributed by atoms with Crippen molar-refractivity contribution in [3.05, 3.63) is 11.6 Å². The summed E-state index contributed by atoms with van der Waals surface area (Å²) >= 11 is 0. The van der Waals surface area contributed by atoms with E-state index in [-0.39, 0.29) is 0 Å². The highest BCUT2D eigenvalue weighted by Crippen LogP contribution is 2.32. The SMILES string of the molecule is CC=C1C(=NC)C1C. The van der Waals surface area contributed by atoms with Crippen LogP contribution < -0.4 is 0 Å². The van der Waals surface area contributed by atoms with E-state index in [1.807, 2.05) is 7.05 Å². The van der Waals surface area contributed by atoms with Gasteiger partial charge in [-0.05, 0) is 12.5 Å². The van der Waals surface area contributed by atoms with Crippen LogP contribution >= 0.6 is 0 Å². The maximum absolute atomic E-state index is 4.08. The molecule has 0 aromatic carbocycles. The molecule has 1 rings (SSSR count). The molecule has 1 heteroatoms. The van der Waals surface area contributed by atoms with Crippen molar-refractivity contribution in [1.82, 2.24) is 0 Å². The zero-order valence-corrected chi connectivity index (χ0v) is 5.60. The van der Waals surface area contributed by atoms with Crippen LogP contribution in [0.5, 0.6) is 0 Å². The van der Waals surface area contributed by atoms with Crippen molar-refractivity contribution in [2.24, 2.45) is 10.9 Å². The van der Waals surface area contributed by atoms with Crippen LogP contribution in [0.25, 0.3) is 0 Å². The Hall–Kier alpha value is -0.590. The molecule has 0 aromatic heterocycles. The van der Waals surface area contributed by atoms with Crippen LogP contribution in [0, 0.1) is 5.92 Å². The molecule has 1 unspecified atom stereocenters. The molecule has 0 aliphatic heterocycles. The van der Waals surface area contributed by atoms with Crippen LogP contribution in [0.1, 0.15) is 13.8 Å². The molecule has 0 radical (unpaired) electrons. The fourth-order valence-corrected chi connectivity index (χ4v) is 1.06. The average molecular weight is 109 g/mol. The summed E-state index contributed by atoms with van der Waals surface area (Å²) in [7, 11) is 1.85. The summed E-state index contributed by atoms with van der Waals surface area (Å²) in [6, 6.07) is 0. The van der Waals surface area contributed by atoms with Gasteiger partial charge in [0, 0.05) is 18.7 Å². The zero-order chi connectivity index (χ0) is 6.15. The number of hydrogen-bond acceptors (Lipinski definition) is 1. The van der Waals surface area contributed by atoms with Crippen LogP contribution in [-0.2, 0) is 0 Å². The van der Waals surface area contributed by atoms with Gasteiger partial charge >= 0.3 is 0 Å². The van der Waals surface area contributed by atoms with Gasteiger partial charge in [0.25, 0.3) is 0 Å². The maximum Gasteiger partial charge on any atom is 0.0452 e. The van der Waals surface area contributed by atoms with Crippen molar-refractivity contribution in [3.63, 3.8) is 0 Å². The first-order valence-electron chi connectivity index (χ1n) is 2.94. The lowest BCUT2D eigenvalue weighted by atomic mass is 10.4. The molecule has 0 N–H and O–H groups in total. The van der Waals surface area contributed by atoms with E-state index in [1.54, 1.807) is 0 Å². The highest BCUT2D eigenvalue weighted by Gasteiger charge is 2.32. The Morgan fingerprint density at radius 2 is 2.25 bits per heavy atom. The molecule has 0 amide bonds. The van der Waals surface area contributed by atoms with E-state index in [2.05, 4.69) is 24.9 Å². The third kappa shape index (κ3) is 0.585. The predicted molar refractivity (Wildman–Crippen MR) is 36.3 cm³/mol. The smallest absolute Gasteiger partial charge is 0.0452 e. The van der Waals surface area contributed by atoms with Crippen LogP contribution in [0.2, 0.25) is 0 Å². The van der Waals surface area contributed by atoms with Crippen LogP contribution in [0.3, 0.4) is 0 Å². The van der Waals surface area contributed by atoms with Gasteiger partial charge in [0.2, 0.25) is 0 Å². The second-order valence-corrected chi connectivity index (χ2v) is 2.07. The molecule has 0 aromatic rings. The monoisotopic (exact) mass is 109 g/mol. The minimum absolute atomic E-state index is 0.657. The standard InChI is InChI=1S/C7H11N/c1-4-6-5(2)7(6)8-3/h4-5H,1-3H3. The predicted octanol–water partition coefficient (Wildman–Crippen LogP) is 1.65. The normalized spacial score (nSPS) is 36.6. The molecule has 44 valence electrons. The van der Waals surface area contributed by atoms with Crippen LogP contribution in [-0.4, -0.2) is 12.8 Å². The van der Waals surface area contributed by atoms with E-state index in [0.29, 0.717) is 5.92 Å². The molecule has 1 fully saturated rings.